The van der Waals surface area contributed by atoms with Crippen molar-refractivity contribution in [2.75, 3.05) is 0 Å². The van der Waals surface area contributed by atoms with Crippen LogP contribution in [-0.4, -0.2) is 21.0 Å². The average molecular weight is 298 g/mol. The van der Waals surface area contributed by atoms with Gasteiger partial charge in [-0.3, -0.25) is 4.79 Å². The first-order valence-corrected chi connectivity index (χ1v) is 6.64. The lowest BCUT2D eigenvalue weighted by atomic mass is 10.0. The van der Waals surface area contributed by atoms with Gasteiger partial charge in [-0.1, -0.05) is 0 Å². The van der Waals surface area contributed by atoms with E-state index in [9.17, 15) is 18.0 Å². The number of alkyl halides is 3. The maximum Gasteiger partial charge on any atom is 0.416 e. The molecule has 1 heterocycles. The van der Waals surface area contributed by atoms with Crippen molar-refractivity contribution in [3.63, 3.8) is 0 Å². The Morgan fingerprint density at radius 3 is 2.71 bits per heavy atom. The van der Waals surface area contributed by atoms with E-state index in [1.165, 1.54) is 6.07 Å². The van der Waals surface area contributed by atoms with E-state index in [2.05, 4.69) is 9.97 Å². The molecule has 2 N–H and O–H groups in total. The molecule has 2 unspecified atom stereocenters. The number of hydrogen-bond donors (Lipinski definition) is 2. The van der Waals surface area contributed by atoms with Gasteiger partial charge < -0.3 is 10.1 Å². The van der Waals surface area contributed by atoms with E-state index in [0.717, 1.165) is 12.1 Å². The van der Waals surface area contributed by atoms with Gasteiger partial charge in [0.1, 0.15) is 5.82 Å². The molecule has 1 aliphatic carbocycles. The summed E-state index contributed by atoms with van der Waals surface area (Å²) < 4.78 is 38.0. The van der Waals surface area contributed by atoms with Gasteiger partial charge in [0, 0.05) is 5.92 Å². The Morgan fingerprint density at radius 2 is 2.10 bits per heavy atom. The van der Waals surface area contributed by atoms with Crippen molar-refractivity contribution >= 4 is 17.0 Å². The maximum absolute atomic E-state index is 12.7. The summed E-state index contributed by atoms with van der Waals surface area (Å²) in [6.07, 6.45) is -2.66. The van der Waals surface area contributed by atoms with Gasteiger partial charge in [-0.05, 0) is 37.5 Å². The van der Waals surface area contributed by atoms with Gasteiger partial charge in [0.05, 0.1) is 22.5 Å². The third-order valence-electron chi connectivity index (χ3n) is 4.00. The van der Waals surface area contributed by atoms with E-state index < -0.39 is 23.6 Å². The Bertz CT molecular complexity index is 693. The third kappa shape index (κ3) is 2.59. The molecule has 1 aromatic heterocycles. The lowest BCUT2D eigenvalue weighted by Gasteiger charge is -2.05. The average Bonchev–Trinajstić information content (AvgIpc) is 3.03. The second-order valence-electron chi connectivity index (χ2n) is 5.40. The van der Waals surface area contributed by atoms with Crippen molar-refractivity contribution in [2.24, 2.45) is 5.92 Å². The number of rotatable bonds is 2. The molecule has 112 valence electrons. The second-order valence-corrected chi connectivity index (χ2v) is 5.40. The van der Waals surface area contributed by atoms with Crippen molar-refractivity contribution in [1.82, 2.24) is 9.97 Å². The largest absolute Gasteiger partial charge is 0.481 e. The van der Waals surface area contributed by atoms with Crippen molar-refractivity contribution in [3.8, 4) is 0 Å². The highest BCUT2D eigenvalue weighted by molar-refractivity contribution is 5.76. The molecule has 0 saturated heterocycles. The number of aliphatic carboxylic acids is 1. The molecule has 4 nitrogen and oxygen atoms in total. The summed E-state index contributed by atoms with van der Waals surface area (Å²) in [5.41, 5.74) is 0.0791. The Balaban J connectivity index is 1.90. The summed E-state index contributed by atoms with van der Waals surface area (Å²) in [7, 11) is 0. The smallest absolute Gasteiger partial charge is 0.416 e. The molecule has 0 radical (unpaired) electrons. The number of H-pyrrole nitrogens is 1. The summed E-state index contributed by atoms with van der Waals surface area (Å²) in [4.78, 5) is 18.2. The Kier molecular flexibility index (Phi) is 3.15. The number of nitrogens with zero attached hydrogens (tertiary/aromatic N) is 1. The third-order valence-corrected chi connectivity index (χ3v) is 4.00. The predicted molar refractivity (Wildman–Crippen MR) is 68.8 cm³/mol. The van der Waals surface area contributed by atoms with Gasteiger partial charge in [-0.15, -0.1) is 0 Å². The first-order chi connectivity index (χ1) is 9.84. The predicted octanol–water partition coefficient (Wildman–Crippen LogP) is 3.55. The number of carboxylic acids is 1. The van der Waals surface area contributed by atoms with Crippen LogP contribution in [0.25, 0.3) is 11.0 Å². The fourth-order valence-corrected chi connectivity index (χ4v) is 2.85. The lowest BCUT2D eigenvalue weighted by Crippen LogP contribution is -2.09. The highest BCUT2D eigenvalue weighted by Crippen LogP contribution is 2.38. The first kappa shape index (κ1) is 13.9. The number of carbonyl (C=O) groups is 1. The fraction of sp³-hybridized carbons (Fsp3) is 0.429. The molecule has 7 heteroatoms. The summed E-state index contributed by atoms with van der Waals surface area (Å²) in [6.45, 7) is 0. The van der Waals surface area contributed by atoms with Crippen LogP contribution in [0.3, 0.4) is 0 Å². The molecule has 0 spiro atoms. The van der Waals surface area contributed by atoms with Crippen LogP contribution in [0.1, 0.15) is 36.6 Å². The zero-order valence-corrected chi connectivity index (χ0v) is 10.9. The Labute approximate surface area is 118 Å². The fourth-order valence-electron chi connectivity index (χ4n) is 2.85. The minimum absolute atomic E-state index is 0.0344. The second kappa shape index (κ2) is 4.75. The number of aromatic amines is 1. The van der Waals surface area contributed by atoms with E-state index in [1.807, 2.05) is 0 Å². The quantitative estimate of drug-likeness (QED) is 0.891. The first-order valence-electron chi connectivity index (χ1n) is 6.64. The number of hydrogen-bond acceptors (Lipinski definition) is 2. The maximum atomic E-state index is 12.7. The summed E-state index contributed by atoms with van der Waals surface area (Å²) in [5.74, 6) is -0.678. The molecule has 0 amide bonds. The zero-order chi connectivity index (χ0) is 15.2. The van der Waals surface area contributed by atoms with Crippen LogP contribution >= 0.6 is 0 Å². The summed E-state index contributed by atoms with van der Waals surface area (Å²) in [5, 5.41) is 8.99. The molecule has 0 bridgehead atoms. The number of nitrogens with one attached hydrogen (secondary N) is 1. The molecular weight excluding hydrogens is 285 g/mol. The minimum atomic E-state index is -4.39. The van der Waals surface area contributed by atoms with E-state index in [-0.39, 0.29) is 5.92 Å². The monoisotopic (exact) mass is 298 g/mol. The summed E-state index contributed by atoms with van der Waals surface area (Å²) >= 11 is 0. The van der Waals surface area contributed by atoms with Crippen molar-refractivity contribution in [2.45, 2.75) is 31.4 Å². The van der Waals surface area contributed by atoms with Gasteiger partial charge in [-0.25, -0.2) is 4.98 Å². The topological polar surface area (TPSA) is 66.0 Å². The lowest BCUT2D eigenvalue weighted by molar-refractivity contribution is -0.141. The number of benzene rings is 1. The van der Waals surface area contributed by atoms with Crippen LogP contribution in [0.5, 0.6) is 0 Å². The molecular formula is C14H13F3N2O2. The van der Waals surface area contributed by atoms with Crippen LogP contribution in [0.2, 0.25) is 0 Å². The van der Waals surface area contributed by atoms with Gasteiger partial charge in [-0.2, -0.15) is 13.2 Å². The Hall–Kier alpha value is -2.05. The highest BCUT2D eigenvalue weighted by atomic mass is 19.4. The van der Waals surface area contributed by atoms with Gasteiger partial charge in [0.15, 0.2) is 0 Å². The molecule has 0 aliphatic heterocycles. The van der Waals surface area contributed by atoms with Crippen molar-refractivity contribution < 1.29 is 23.1 Å². The minimum Gasteiger partial charge on any atom is -0.481 e. The molecule has 21 heavy (non-hydrogen) atoms. The number of aromatic nitrogens is 2. The van der Waals surface area contributed by atoms with Crippen LogP contribution in [0.4, 0.5) is 13.2 Å². The molecule has 2 atom stereocenters. The van der Waals surface area contributed by atoms with E-state index in [1.54, 1.807) is 0 Å². The van der Waals surface area contributed by atoms with Crippen LogP contribution in [-0.2, 0) is 11.0 Å². The van der Waals surface area contributed by atoms with Gasteiger partial charge in [0.25, 0.3) is 0 Å². The summed E-state index contributed by atoms with van der Waals surface area (Å²) in [6, 6.07) is 3.37. The van der Waals surface area contributed by atoms with Crippen LogP contribution in [0.15, 0.2) is 18.2 Å². The standard InChI is InChI=1S/C14H13F3N2O2/c15-14(16,17)9-3-4-10-11(6-9)19-12(18-10)7-1-2-8(5-7)13(20)21/h3-4,6-8H,1-2,5H2,(H,18,19)(H,20,21). The molecule has 3 rings (SSSR count). The molecule has 1 fully saturated rings. The van der Waals surface area contributed by atoms with E-state index in [0.29, 0.717) is 36.1 Å². The van der Waals surface area contributed by atoms with Crippen molar-refractivity contribution in [3.05, 3.63) is 29.6 Å². The molecule has 2 aromatic rings. The molecule has 1 aliphatic rings. The van der Waals surface area contributed by atoms with E-state index >= 15 is 0 Å². The molecule has 1 aromatic carbocycles. The SMILES string of the molecule is O=C(O)C1CCC(c2nc3ccc(C(F)(F)F)cc3[nH]2)C1. The van der Waals surface area contributed by atoms with E-state index in [4.69, 9.17) is 5.11 Å². The highest BCUT2D eigenvalue weighted by Gasteiger charge is 2.33. The number of halogens is 3. The van der Waals surface area contributed by atoms with Gasteiger partial charge >= 0.3 is 12.1 Å². The zero-order valence-electron chi connectivity index (χ0n) is 10.9. The number of imidazole rings is 1. The van der Waals surface area contributed by atoms with Gasteiger partial charge in [0.2, 0.25) is 0 Å². The van der Waals surface area contributed by atoms with Crippen molar-refractivity contribution in [1.29, 1.82) is 0 Å². The van der Waals surface area contributed by atoms with Crippen LogP contribution in [0, 0.1) is 5.92 Å². The normalized spacial score (nSPS) is 22.8. The van der Waals surface area contributed by atoms with Crippen LogP contribution < -0.4 is 0 Å². The Morgan fingerprint density at radius 1 is 1.33 bits per heavy atom. The number of fused-ring (bicyclic) bond motifs is 1. The molecule has 1 saturated carbocycles. The number of carboxylic acid groups (broad SMARTS) is 1.